The fraction of sp³-hybridized carbons (Fsp3) is 0.292. The first-order valence-electron chi connectivity index (χ1n) is 11.2. The van der Waals surface area contributed by atoms with Gasteiger partial charge in [-0.3, -0.25) is 18.7 Å². The first kappa shape index (κ1) is 25.8. The van der Waals surface area contributed by atoms with Crippen molar-refractivity contribution in [3.63, 3.8) is 0 Å². The third-order valence-electron chi connectivity index (χ3n) is 5.87. The van der Waals surface area contributed by atoms with Crippen molar-refractivity contribution in [2.45, 2.75) is 11.9 Å². The number of amides is 1. The highest BCUT2D eigenvalue weighted by Gasteiger charge is 2.23. The average molecular weight is 529 g/mol. The Bertz CT molecular complexity index is 1650. The molecule has 13 heteroatoms. The number of sulfonamides is 1. The molecular formula is C24H28N6O6S. The third kappa shape index (κ3) is 5.16. The predicted molar refractivity (Wildman–Crippen MR) is 138 cm³/mol. The number of rotatable bonds is 8. The van der Waals surface area contributed by atoms with Crippen LogP contribution in [0.25, 0.3) is 11.0 Å². The van der Waals surface area contributed by atoms with Crippen LogP contribution in [0.15, 0.2) is 52.4 Å². The maximum absolute atomic E-state index is 13.2. The van der Waals surface area contributed by atoms with Gasteiger partial charge in [-0.05, 0) is 25.1 Å². The van der Waals surface area contributed by atoms with Crippen LogP contribution in [0.3, 0.4) is 0 Å². The molecule has 37 heavy (non-hydrogen) atoms. The van der Waals surface area contributed by atoms with E-state index in [9.17, 15) is 18.0 Å². The van der Waals surface area contributed by atoms with E-state index < -0.39 is 10.0 Å². The van der Waals surface area contributed by atoms with E-state index in [0.29, 0.717) is 28.4 Å². The minimum absolute atomic E-state index is 0.117. The van der Waals surface area contributed by atoms with Crippen molar-refractivity contribution >= 4 is 32.7 Å². The highest BCUT2D eigenvalue weighted by Crippen LogP contribution is 2.36. The molecule has 0 spiro atoms. The molecule has 2 heterocycles. The Balaban J connectivity index is 1.74. The number of carbonyl (C=O) groups is 1. The van der Waals surface area contributed by atoms with Crippen LogP contribution in [-0.4, -0.2) is 58.6 Å². The number of fused-ring (bicyclic) bond motifs is 1. The predicted octanol–water partition coefficient (Wildman–Crippen LogP) is 1.98. The summed E-state index contributed by atoms with van der Waals surface area (Å²) in [6, 6.07) is 9.72. The van der Waals surface area contributed by atoms with E-state index in [1.807, 2.05) is 0 Å². The van der Waals surface area contributed by atoms with Gasteiger partial charge in [0.25, 0.3) is 15.9 Å². The highest BCUT2D eigenvalue weighted by atomic mass is 32.2. The van der Waals surface area contributed by atoms with Crippen LogP contribution in [0, 0.1) is 6.92 Å². The largest absolute Gasteiger partial charge is 0.484 e. The molecule has 4 aromatic rings. The summed E-state index contributed by atoms with van der Waals surface area (Å²) in [6.45, 7) is 1.55. The molecule has 0 atom stereocenters. The monoisotopic (exact) mass is 528 g/mol. The normalized spacial score (nSPS) is 11.5. The minimum atomic E-state index is -4.07. The van der Waals surface area contributed by atoms with E-state index in [4.69, 9.17) is 9.47 Å². The van der Waals surface area contributed by atoms with E-state index in [-0.39, 0.29) is 34.7 Å². The van der Waals surface area contributed by atoms with Crippen molar-refractivity contribution < 1.29 is 22.7 Å². The van der Waals surface area contributed by atoms with Crippen LogP contribution in [0.4, 0.5) is 5.69 Å². The molecule has 4 rings (SSSR count). The molecule has 0 fully saturated rings. The van der Waals surface area contributed by atoms with Crippen molar-refractivity contribution in [1.29, 1.82) is 0 Å². The summed E-state index contributed by atoms with van der Waals surface area (Å²) in [4.78, 5) is 29.9. The fourth-order valence-corrected chi connectivity index (χ4v) is 4.67. The molecule has 0 saturated carbocycles. The molecule has 1 N–H and O–H groups in total. The number of likely N-dealkylation sites (N-methyl/N-ethyl adjacent to an activating group) is 1. The lowest BCUT2D eigenvalue weighted by Gasteiger charge is -2.15. The molecule has 196 valence electrons. The molecule has 0 aliphatic heterocycles. The van der Waals surface area contributed by atoms with E-state index in [2.05, 4.69) is 9.71 Å². The Morgan fingerprint density at radius 3 is 2.32 bits per heavy atom. The van der Waals surface area contributed by atoms with Gasteiger partial charge in [0.15, 0.2) is 17.4 Å². The zero-order valence-corrected chi connectivity index (χ0v) is 22.2. The lowest BCUT2D eigenvalue weighted by Crippen LogP contribution is -2.27. The highest BCUT2D eigenvalue weighted by molar-refractivity contribution is 7.92. The molecular weight excluding hydrogens is 500 g/mol. The van der Waals surface area contributed by atoms with Gasteiger partial charge in [-0.1, -0.05) is 6.07 Å². The number of ether oxygens (including phenoxy) is 2. The summed E-state index contributed by atoms with van der Waals surface area (Å²) in [5.41, 5.74) is 0.894. The smallest absolute Gasteiger partial charge is 0.328 e. The van der Waals surface area contributed by atoms with Gasteiger partial charge in [0.05, 0.1) is 16.7 Å². The van der Waals surface area contributed by atoms with E-state index in [1.165, 1.54) is 26.3 Å². The van der Waals surface area contributed by atoms with E-state index in [0.717, 1.165) is 0 Å². The van der Waals surface area contributed by atoms with Gasteiger partial charge in [0.2, 0.25) is 0 Å². The summed E-state index contributed by atoms with van der Waals surface area (Å²) < 4.78 is 44.9. The fourth-order valence-electron chi connectivity index (χ4n) is 3.57. The summed E-state index contributed by atoms with van der Waals surface area (Å²) in [7, 11) is 4.10. The molecule has 2 aromatic carbocycles. The standard InChI is InChI=1S/C24H28N6O6S/c1-15-25-22(13-28(15)4)37(33,34)26-18-11-19-20(30(6)24(32)29(19)5)12-21(18)36-17-9-7-8-16(10-17)35-14-23(31)27(2)3/h7-13,26H,14H2,1-6H3. The number of aromatic nitrogens is 4. The second kappa shape index (κ2) is 9.65. The third-order valence-corrected chi connectivity index (χ3v) is 7.11. The van der Waals surface area contributed by atoms with Gasteiger partial charge in [-0.15, -0.1) is 0 Å². The van der Waals surface area contributed by atoms with Crippen molar-refractivity contribution in [3.8, 4) is 17.2 Å². The van der Waals surface area contributed by atoms with Gasteiger partial charge in [-0.25, -0.2) is 9.78 Å². The van der Waals surface area contributed by atoms with Gasteiger partial charge in [0.1, 0.15) is 17.3 Å². The van der Waals surface area contributed by atoms with Crippen LogP contribution >= 0.6 is 0 Å². The Morgan fingerprint density at radius 2 is 1.70 bits per heavy atom. The second-order valence-electron chi connectivity index (χ2n) is 8.73. The molecule has 0 aliphatic rings. The summed E-state index contributed by atoms with van der Waals surface area (Å²) in [5, 5.41) is -0.151. The summed E-state index contributed by atoms with van der Waals surface area (Å²) >= 11 is 0. The SMILES string of the molecule is Cc1nc(S(=O)(=O)Nc2cc3c(cc2Oc2cccc(OCC(=O)N(C)C)c2)n(C)c(=O)n3C)cn1C. The van der Waals surface area contributed by atoms with Crippen molar-refractivity contribution in [3.05, 3.63) is 58.9 Å². The molecule has 0 bridgehead atoms. The molecule has 0 saturated heterocycles. The Morgan fingerprint density at radius 1 is 1.05 bits per heavy atom. The number of hydrogen-bond acceptors (Lipinski definition) is 7. The molecule has 12 nitrogen and oxygen atoms in total. The minimum Gasteiger partial charge on any atom is -0.484 e. The van der Waals surface area contributed by atoms with Gasteiger partial charge >= 0.3 is 5.69 Å². The van der Waals surface area contributed by atoms with Crippen LogP contribution in [-0.2, 0) is 36.0 Å². The molecule has 0 aliphatic carbocycles. The van der Waals surface area contributed by atoms with Gasteiger partial charge in [-0.2, -0.15) is 8.42 Å². The quantitative estimate of drug-likeness (QED) is 0.370. The summed E-state index contributed by atoms with van der Waals surface area (Å²) in [6.07, 6.45) is 1.41. The first-order valence-corrected chi connectivity index (χ1v) is 12.7. The Hall–Kier alpha value is -4.26. The first-order chi connectivity index (χ1) is 17.4. The number of imidazole rings is 2. The van der Waals surface area contributed by atoms with E-state index in [1.54, 1.807) is 77.1 Å². The summed E-state index contributed by atoms with van der Waals surface area (Å²) in [5.74, 6) is 1.22. The van der Waals surface area contributed by atoms with Crippen molar-refractivity contribution in [2.24, 2.45) is 21.1 Å². The molecule has 1 amide bonds. The lowest BCUT2D eigenvalue weighted by atomic mass is 10.2. The zero-order chi connectivity index (χ0) is 27.1. The second-order valence-corrected chi connectivity index (χ2v) is 10.4. The average Bonchev–Trinajstić information content (AvgIpc) is 3.29. The van der Waals surface area contributed by atoms with Crippen molar-refractivity contribution in [1.82, 2.24) is 23.6 Å². The number of anilines is 1. The maximum Gasteiger partial charge on any atom is 0.328 e. The number of benzene rings is 2. The number of nitrogens with one attached hydrogen (secondary N) is 1. The number of nitrogens with zero attached hydrogens (tertiary/aromatic N) is 5. The molecule has 2 aromatic heterocycles. The lowest BCUT2D eigenvalue weighted by molar-refractivity contribution is -0.130. The van der Waals surface area contributed by atoms with E-state index >= 15 is 0 Å². The number of aryl methyl sites for hydroxylation is 4. The van der Waals surface area contributed by atoms with Crippen LogP contribution < -0.4 is 19.9 Å². The van der Waals surface area contributed by atoms with Crippen LogP contribution in [0.5, 0.6) is 17.2 Å². The molecule has 0 radical (unpaired) electrons. The van der Waals surface area contributed by atoms with Gasteiger partial charge < -0.3 is 18.9 Å². The topological polar surface area (TPSA) is 130 Å². The van der Waals surface area contributed by atoms with Gasteiger partial charge in [0, 0.05) is 53.6 Å². The number of carbonyl (C=O) groups excluding carboxylic acids is 1. The molecule has 0 unspecified atom stereocenters. The Kier molecular flexibility index (Phi) is 6.74. The Labute approximate surface area is 213 Å². The zero-order valence-electron chi connectivity index (χ0n) is 21.3. The van der Waals surface area contributed by atoms with Crippen molar-refractivity contribution in [2.75, 3.05) is 25.4 Å². The van der Waals surface area contributed by atoms with Crippen LogP contribution in [0.2, 0.25) is 0 Å². The maximum atomic E-state index is 13.2. The van der Waals surface area contributed by atoms with Crippen LogP contribution in [0.1, 0.15) is 5.82 Å². The number of hydrogen-bond donors (Lipinski definition) is 1.